The van der Waals surface area contributed by atoms with E-state index >= 15 is 0 Å². The second-order valence-electron chi connectivity index (χ2n) is 6.16. The van der Waals surface area contributed by atoms with Gasteiger partial charge in [0, 0.05) is 12.0 Å². The van der Waals surface area contributed by atoms with Gasteiger partial charge in [-0.1, -0.05) is 53.7 Å². The summed E-state index contributed by atoms with van der Waals surface area (Å²) in [5.74, 6) is 1.11. The summed E-state index contributed by atoms with van der Waals surface area (Å²) in [4.78, 5) is 4.46. The fourth-order valence-corrected chi connectivity index (χ4v) is 3.28. The van der Waals surface area contributed by atoms with Crippen LogP contribution in [0, 0.1) is 6.92 Å². The number of hydrogen-bond acceptors (Lipinski definition) is 5. The predicted octanol–water partition coefficient (Wildman–Crippen LogP) is 2.79. The van der Waals surface area contributed by atoms with Crippen LogP contribution in [0.3, 0.4) is 0 Å². The summed E-state index contributed by atoms with van der Waals surface area (Å²) >= 11 is 0. The Morgan fingerprint density at radius 1 is 1.17 bits per heavy atom. The van der Waals surface area contributed by atoms with Crippen molar-refractivity contribution in [3.05, 3.63) is 71.1 Å². The molecule has 0 saturated carbocycles. The van der Waals surface area contributed by atoms with Gasteiger partial charge in [-0.25, -0.2) is 0 Å². The number of aliphatic hydroxyl groups is 1. The summed E-state index contributed by atoms with van der Waals surface area (Å²) in [6.45, 7) is 2.45. The van der Waals surface area contributed by atoms with E-state index in [2.05, 4.69) is 27.6 Å². The van der Waals surface area contributed by atoms with Crippen molar-refractivity contribution in [1.82, 2.24) is 15.5 Å². The van der Waals surface area contributed by atoms with Gasteiger partial charge in [-0.2, -0.15) is 4.98 Å². The summed E-state index contributed by atoms with van der Waals surface area (Å²) in [5, 5.41) is 17.7. The van der Waals surface area contributed by atoms with Gasteiger partial charge < -0.3 is 9.63 Å². The quantitative estimate of drug-likeness (QED) is 0.773. The second-order valence-corrected chi connectivity index (χ2v) is 6.16. The zero-order valence-corrected chi connectivity index (χ0v) is 13.4. The van der Waals surface area contributed by atoms with E-state index in [1.54, 1.807) is 0 Å². The van der Waals surface area contributed by atoms with Crippen molar-refractivity contribution in [2.45, 2.75) is 32.0 Å². The highest BCUT2D eigenvalue weighted by Gasteiger charge is 2.30. The minimum Gasteiger partial charge on any atom is -0.391 e. The average molecular weight is 321 g/mol. The molecule has 2 atom stereocenters. The van der Waals surface area contributed by atoms with Gasteiger partial charge in [-0.3, -0.25) is 5.32 Å². The van der Waals surface area contributed by atoms with Crippen molar-refractivity contribution in [2.75, 3.05) is 0 Å². The number of hydrogen-bond donors (Lipinski definition) is 2. The summed E-state index contributed by atoms with van der Waals surface area (Å²) in [7, 11) is 0. The first-order chi connectivity index (χ1) is 11.7. The van der Waals surface area contributed by atoms with Crippen LogP contribution in [-0.2, 0) is 13.0 Å². The molecular formula is C19H19N3O2. The number of aliphatic hydroxyl groups excluding tert-OH is 1. The summed E-state index contributed by atoms with van der Waals surface area (Å²) in [6, 6.07) is 16.0. The summed E-state index contributed by atoms with van der Waals surface area (Å²) in [6.07, 6.45) is 0.243. The van der Waals surface area contributed by atoms with Crippen LogP contribution in [0.5, 0.6) is 0 Å². The number of fused-ring (bicyclic) bond motifs is 1. The molecule has 0 amide bonds. The van der Waals surface area contributed by atoms with Crippen LogP contribution in [0.1, 0.15) is 28.6 Å². The average Bonchev–Trinajstić information content (AvgIpc) is 3.17. The smallest absolute Gasteiger partial charge is 0.240 e. The molecule has 2 N–H and O–H groups in total. The van der Waals surface area contributed by atoms with Crippen LogP contribution in [0.25, 0.3) is 11.4 Å². The Labute approximate surface area is 140 Å². The van der Waals surface area contributed by atoms with Gasteiger partial charge in [-0.05, 0) is 23.6 Å². The Morgan fingerprint density at radius 3 is 2.83 bits per heavy atom. The predicted molar refractivity (Wildman–Crippen MR) is 90.2 cm³/mol. The lowest BCUT2D eigenvalue weighted by Gasteiger charge is -2.16. The lowest BCUT2D eigenvalue weighted by molar-refractivity contribution is 0.138. The molecule has 4 rings (SSSR count). The Balaban J connectivity index is 1.49. The third kappa shape index (κ3) is 2.72. The number of aromatic nitrogens is 2. The molecule has 0 fully saturated rings. The standard InChI is InChI=1S/C19H19N3O2/c1-12-6-2-4-8-14(12)19-21-17(24-22-19)11-20-18-15-9-5-3-7-13(15)10-16(18)23/h2-9,16,18,20,23H,10-11H2,1H3/t16-,18+/m0/s1. The minimum absolute atomic E-state index is 0.102. The van der Waals surface area contributed by atoms with E-state index in [1.165, 1.54) is 5.56 Å². The lowest BCUT2D eigenvalue weighted by Crippen LogP contribution is -2.28. The second kappa shape index (κ2) is 6.19. The van der Waals surface area contributed by atoms with Gasteiger partial charge in [0.05, 0.1) is 18.7 Å². The molecule has 0 unspecified atom stereocenters. The molecule has 5 nitrogen and oxygen atoms in total. The Hall–Kier alpha value is -2.50. The molecule has 1 aliphatic rings. The molecule has 122 valence electrons. The molecule has 2 aromatic carbocycles. The summed E-state index contributed by atoms with van der Waals surface area (Å²) < 4.78 is 5.35. The van der Waals surface area contributed by atoms with Crippen LogP contribution < -0.4 is 5.32 Å². The van der Waals surface area contributed by atoms with Gasteiger partial charge in [0.25, 0.3) is 0 Å². The Morgan fingerprint density at radius 2 is 1.96 bits per heavy atom. The van der Waals surface area contributed by atoms with Crippen molar-refractivity contribution in [2.24, 2.45) is 0 Å². The molecule has 0 radical (unpaired) electrons. The molecule has 0 spiro atoms. The topological polar surface area (TPSA) is 71.2 Å². The van der Waals surface area contributed by atoms with Crippen LogP contribution in [0.4, 0.5) is 0 Å². The third-order valence-corrected chi connectivity index (χ3v) is 4.53. The SMILES string of the molecule is Cc1ccccc1-c1noc(CN[C@@H]2c3ccccc3C[C@@H]2O)n1. The normalized spacial score (nSPS) is 19.4. The van der Waals surface area contributed by atoms with Gasteiger partial charge in [0.15, 0.2) is 0 Å². The van der Waals surface area contributed by atoms with Gasteiger partial charge in [0.1, 0.15) is 0 Å². The van der Waals surface area contributed by atoms with Gasteiger partial charge in [-0.15, -0.1) is 0 Å². The van der Waals surface area contributed by atoms with Crippen LogP contribution in [0.15, 0.2) is 53.1 Å². The van der Waals surface area contributed by atoms with E-state index in [1.807, 2.05) is 43.3 Å². The Bertz CT molecular complexity index is 859. The fourth-order valence-electron chi connectivity index (χ4n) is 3.28. The van der Waals surface area contributed by atoms with Crippen LogP contribution in [-0.4, -0.2) is 21.4 Å². The van der Waals surface area contributed by atoms with Crippen molar-refractivity contribution in [1.29, 1.82) is 0 Å². The third-order valence-electron chi connectivity index (χ3n) is 4.53. The maximum atomic E-state index is 10.3. The molecule has 1 aromatic heterocycles. The van der Waals surface area contributed by atoms with Crippen molar-refractivity contribution in [3.63, 3.8) is 0 Å². The number of nitrogens with zero attached hydrogens (tertiary/aromatic N) is 2. The Kier molecular flexibility index (Phi) is 3.88. The molecule has 0 aliphatic heterocycles. The highest BCUT2D eigenvalue weighted by Crippen LogP contribution is 2.31. The first-order valence-corrected chi connectivity index (χ1v) is 8.10. The van der Waals surface area contributed by atoms with E-state index in [9.17, 15) is 5.11 Å². The molecule has 1 aliphatic carbocycles. The molecule has 0 bridgehead atoms. The highest BCUT2D eigenvalue weighted by molar-refractivity contribution is 5.58. The molecule has 5 heteroatoms. The van der Waals surface area contributed by atoms with Gasteiger partial charge in [0.2, 0.25) is 11.7 Å². The molecule has 1 heterocycles. The minimum atomic E-state index is -0.429. The first kappa shape index (κ1) is 15.1. The van der Waals surface area contributed by atoms with Crippen molar-refractivity contribution >= 4 is 0 Å². The van der Waals surface area contributed by atoms with E-state index in [4.69, 9.17) is 4.52 Å². The molecule has 24 heavy (non-hydrogen) atoms. The number of rotatable bonds is 4. The van der Waals surface area contributed by atoms with Gasteiger partial charge >= 0.3 is 0 Å². The molecular weight excluding hydrogens is 302 g/mol. The van der Waals surface area contributed by atoms with E-state index in [0.29, 0.717) is 24.7 Å². The van der Waals surface area contributed by atoms with Crippen molar-refractivity contribution < 1.29 is 9.63 Å². The van der Waals surface area contributed by atoms with E-state index in [-0.39, 0.29) is 6.04 Å². The van der Waals surface area contributed by atoms with E-state index in [0.717, 1.165) is 16.7 Å². The fraction of sp³-hybridized carbons (Fsp3) is 0.263. The summed E-state index contributed by atoms with van der Waals surface area (Å²) in [5.41, 5.74) is 4.41. The van der Waals surface area contributed by atoms with Crippen LogP contribution >= 0.6 is 0 Å². The first-order valence-electron chi connectivity index (χ1n) is 8.10. The zero-order chi connectivity index (χ0) is 16.5. The number of aryl methyl sites for hydroxylation is 1. The lowest BCUT2D eigenvalue weighted by atomic mass is 10.1. The molecule has 0 saturated heterocycles. The number of nitrogens with one attached hydrogen (secondary N) is 1. The van der Waals surface area contributed by atoms with Crippen LogP contribution in [0.2, 0.25) is 0 Å². The van der Waals surface area contributed by atoms with Crippen molar-refractivity contribution in [3.8, 4) is 11.4 Å². The zero-order valence-electron chi connectivity index (χ0n) is 13.4. The molecule has 3 aromatic rings. The maximum Gasteiger partial charge on any atom is 0.240 e. The van der Waals surface area contributed by atoms with E-state index < -0.39 is 6.10 Å². The number of benzene rings is 2. The monoisotopic (exact) mass is 321 g/mol. The highest BCUT2D eigenvalue weighted by atomic mass is 16.5. The maximum absolute atomic E-state index is 10.3. The largest absolute Gasteiger partial charge is 0.391 e.